The topological polar surface area (TPSA) is 57.2 Å². The van der Waals surface area contributed by atoms with Gasteiger partial charge in [-0.1, -0.05) is 45.7 Å². The van der Waals surface area contributed by atoms with Crippen LogP contribution in [-0.2, 0) is 20.3 Å². The SMILES string of the molecule is CC(C)(C)[Si](C)(C)Oc1cccc(C2(OCCCCO)OOC23C2CCCC3CCC2)c1. The Morgan fingerprint density at radius 1 is 1.03 bits per heavy atom. The molecule has 2 aliphatic carbocycles. The molecule has 0 aromatic heterocycles. The van der Waals surface area contributed by atoms with Crippen LogP contribution in [-0.4, -0.2) is 32.2 Å². The molecule has 1 aromatic rings. The quantitative estimate of drug-likeness (QED) is 0.278. The fourth-order valence-electron chi connectivity index (χ4n) is 5.72. The van der Waals surface area contributed by atoms with Crippen LogP contribution in [0.2, 0.25) is 18.1 Å². The van der Waals surface area contributed by atoms with Crippen LogP contribution in [0.1, 0.15) is 77.7 Å². The van der Waals surface area contributed by atoms with Crippen LogP contribution in [0.25, 0.3) is 0 Å². The molecule has 6 heteroatoms. The van der Waals surface area contributed by atoms with Gasteiger partial charge in [-0.15, -0.1) is 0 Å². The maximum atomic E-state index is 9.24. The van der Waals surface area contributed by atoms with Crippen LogP contribution < -0.4 is 4.43 Å². The first-order valence-corrected chi connectivity index (χ1v) is 15.5. The number of aliphatic hydroxyl groups excluding tert-OH is 1. The average Bonchev–Trinajstić information content (AvgIpc) is 2.71. The first kappa shape index (κ1) is 24.2. The molecule has 1 unspecified atom stereocenters. The summed E-state index contributed by atoms with van der Waals surface area (Å²) < 4.78 is 13.3. The Bertz CT molecular complexity index is 767. The highest BCUT2D eigenvalue weighted by molar-refractivity contribution is 6.74. The Morgan fingerprint density at radius 2 is 1.69 bits per heavy atom. The highest BCUT2D eigenvalue weighted by Gasteiger charge is 2.74. The van der Waals surface area contributed by atoms with E-state index >= 15 is 0 Å². The molecule has 1 spiro atoms. The second kappa shape index (κ2) is 9.03. The van der Waals surface area contributed by atoms with Crippen molar-refractivity contribution < 1.29 is 24.0 Å². The van der Waals surface area contributed by atoms with Gasteiger partial charge >= 0.3 is 0 Å². The molecule has 2 saturated carbocycles. The molecule has 1 N–H and O–H groups in total. The van der Waals surface area contributed by atoms with Gasteiger partial charge in [0, 0.05) is 12.2 Å². The first-order valence-electron chi connectivity index (χ1n) is 12.6. The lowest BCUT2D eigenvalue weighted by atomic mass is 9.56. The van der Waals surface area contributed by atoms with Crippen molar-refractivity contribution in [2.45, 2.75) is 102 Å². The second-order valence-electron chi connectivity index (χ2n) is 11.5. The maximum absolute atomic E-state index is 9.24. The number of ether oxygens (including phenoxy) is 1. The minimum absolute atomic E-state index is 0.124. The van der Waals surface area contributed by atoms with Crippen molar-refractivity contribution in [1.82, 2.24) is 0 Å². The van der Waals surface area contributed by atoms with Gasteiger partial charge in [-0.25, -0.2) is 4.89 Å². The van der Waals surface area contributed by atoms with Crippen LogP contribution in [0.15, 0.2) is 24.3 Å². The Balaban J connectivity index is 1.69. The number of hydrogen-bond acceptors (Lipinski definition) is 5. The molecule has 1 aromatic carbocycles. The van der Waals surface area contributed by atoms with Crippen molar-refractivity contribution in [3.8, 4) is 5.75 Å². The zero-order valence-electron chi connectivity index (χ0n) is 20.6. The summed E-state index contributed by atoms with van der Waals surface area (Å²) in [6, 6.07) is 8.35. The Hall–Kier alpha value is -0.923. The lowest BCUT2D eigenvalue weighted by Crippen LogP contribution is -2.74. The molecule has 1 saturated heterocycles. The van der Waals surface area contributed by atoms with Crippen molar-refractivity contribution in [3.63, 3.8) is 0 Å². The molecule has 32 heavy (non-hydrogen) atoms. The fraction of sp³-hybridized carbons (Fsp3) is 0.769. The van der Waals surface area contributed by atoms with Gasteiger partial charge in [0.1, 0.15) is 5.75 Å². The smallest absolute Gasteiger partial charge is 0.261 e. The summed E-state index contributed by atoms with van der Waals surface area (Å²) >= 11 is 0. The number of rotatable bonds is 8. The van der Waals surface area contributed by atoms with Crippen LogP contribution in [0.3, 0.4) is 0 Å². The lowest BCUT2D eigenvalue weighted by molar-refractivity contribution is -0.645. The number of benzene rings is 1. The average molecular weight is 463 g/mol. The van der Waals surface area contributed by atoms with Crippen molar-refractivity contribution in [3.05, 3.63) is 29.8 Å². The minimum atomic E-state index is -1.97. The summed E-state index contributed by atoms with van der Waals surface area (Å²) in [7, 11) is -1.97. The highest BCUT2D eigenvalue weighted by Crippen LogP contribution is 2.64. The van der Waals surface area contributed by atoms with Gasteiger partial charge in [-0.05, 0) is 80.6 Å². The van der Waals surface area contributed by atoms with Gasteiger partial charge in [-0.3, -0.25) is 0 Å². The third-order valence-electron chi connectivity index (χ3n) is 8.49. The molecule has 2 bridgehead atoms. The number of aliphatic hydroxyl groups is 1. The second-order valence-corrected chi connectivity index (χ2v) is 16.2. The summed E-state index contributed by atoms with van der Waals surface area (Å²) in [5, 5.41) is 9.37. The van der Waals surface area contributed by atoms with E-state index in [9.17, 15) is 5.11 Å². The van der Waals surface area contributed by atoms with E-state index in [-0.39, 0.29) is 11.6 Å². The molecule has 0 amide bonds. The largest absolute Gasteiger partial charge is 0.543 e. The molecule has 1 aliphatic heterocycles. The van der Waals surface area contributed by atoms with Gasteiger partial charge in [-0.2, -0.15) is 4.89 Å². The van der Waals surface area contributed by atoms with Crippen LogP contribution in [0, 0.1) is 11.8 Å². The molecule has 4 rings (SSSR count). The van der Waals surface area contributed by atoms with Gasteiger partial charge in [0.05, 0.1) is 6.61 Å². The monoisotopic (exact) mass is 462 g/mol. The standard InChI is InChI=1S/C26H42O5Si/c1-24(2,3)32(4,5)29-23-16-10-15-22(19-23)26(28-18-7-6-17-27)25(30-31-26)20-11-8-12-21(25)14-9-13-20/h10,15-16,19-21,27H,6-9,11-14,17-18H2,1-5H3. The van der Waals surface area contributed by atoms with E-state index in [1.54, 1.807) is 0 Å². The predicted octanol–water partition coefficient (Wildman–Crippen LogP) is 6.31. The van der Waals surface area contributed by atoms with Crippen LogP contribution >= 0.6 is 0 Å². The summed E-state index contributed by atoms with van der Waals surface area (Å²) in [5.41, 5.74) is 0.584. The van der Waals surface area contributed by atoms with E-state index in [1.807, 2.05) is 0 Å². The van der Waals surface area contributed by atoms with Crippen molar-refractivity contribution in [2.75, 3.05) is 13.2 Å². The number of hydrogen-bond donors (Lipinski definition) is 1. The van der Waals surface area contributed by atoms with E-state index in [1.165, 1.54) is 38.5 Å². The number of unbranched alkanes of at least 4 members (excludes halogenated alkanes) is 1. The molecule has 5 nitrogen and oxygen atoms in total. The minimum Gasteiger partial charge on any atom is -0.543 e. The molecule has 0 radical (unpaired) electrons. The summed E-state index contributed by atoms with van der Waals surface area (Å²) in [5.74, 6) is 0.892. The molecule has 3 aliphatic rings. The predicted molar refractivity (Wildman–Crippen MR) is 128 cm³/mol. The molecule has 1 atom stereocenters. The third-order valence-corrected chi connectivity index (χ3v) is 12.8. The Morgan fingerprint density at radius 3 is 2.22 bits per heavy atom. The molecule has 3 fully saturated rings. The highest BCUT2D eigenvalue weighted by atomic mass is 28.4. The fourth-order valence-corrected chi connectivity index (χ4v) is 6.75. The zero-order valence-corrected chi connectivity index (χ0v) is 21.6. The summed E-state index contributed by atoms with van der Waals surface area (Å²) in [4.78, 5) is 12.2. The zero-order chi connectivity index (χ0) is 23.0. The van der Waals surface area contributed by atoms with Gasteiger partial charge in [0.2, 0.25) is 8.32 Å². The Kier molecular flexibility index (Phi) is 6.83. The van der Waals surface area contributed by atoms with Crippen LogP contribution in [0.5, 0.6) is 5.75 Å². The molecular formula is C26H42O5Si. The van der Waals surface area contributed by atoms with E-state index in [4.69, 9.17) is 18.9 Å². The van der Waals surface area contributed by atoms with E-state index in [2.05, 4.69) is 58.1 Å². The normalized spacial score (nSPS) is 32.6. The van der Waals surface area contributed by atoms with Gasteiger partial charge in [0.15, 0.2) is 5.60 Å². The Labute approximate surface area is 194 Å². The van der Waals surface area contributed by atoms with Gasteiger partial charge < -0.3 is 14.3 Å². The van der Waals surface area contributed by atoms with Gasteiger partial charge in [0.25, 0.3) is 5.79 Å². The lowest BCUT2D eigenvalue weighted by Gasteiger charge is -2.65. The summed E-state index contributed by atoms with van der Waals surface area (Å²) in [6.45, 7) is 12.0. The van der Waals surface area contributed by atoms with Crippen LogP contribution in [0.4, 0.5) is 0 Å². The van der Waals surface area contributed by atoms with Crippen molar-refractivity contribution in [2.24, 2.45) is 11.8 Å². The summed E-state index contributed by atoms with van der Waals surface area (Å²) in [6.07, 6.45) is 8.72. The first-order chi connectivity index (χ1) is 15.2. The maximum Gasteiger partial charge on any atom is 0.261 e. The molecular weight excluding hydrogens is 420 g/mol. The molecule has 1 heterocycles. The van der Waals surface area contributed by atoms with E-state index in [0.717, 1.165) is 24.2 Å². The van der Waals surface area contributed by atoms with Crippen molar-refractivity contribution >= 4 is 8.32 Å². The third kappa shape index (κ3) is 3.96. The molecule has 180 valence electrons. The van der Waals surface area contributed by atoms with E-state index in [0.29, 0.717) is 18.4 Å². The van der Waals surface area contributed by atoms with Crippen molar-refractivity contribution in [1.29, 1.82) is 0 Å². The van der Waals surface area contributed by atoms with E-state index < -0.39 is 19.7 Å².